The Morgan fingerprint density at radius 3 is 2.03 bits per heavy atom. The molecule has 0 fully saturated rings. The highest BCUT2D eigenvalue weighted by molar-refractivity contribution is 8.00. The predicted octanol–water partition coefficient (Wildman–Crippen LogP) is 5.08. The van der Waals surface area contributed by atoms with Crippen LogP contribution in [0, 0.1) is 0 Å². The molecule has 2 N–H and O–H groups in total. The third-order valence-corrected chi connectivity index (χ3v) is 5.92. The molecule has 1 atom stereocenters. The molecule has 0 bridgehead atoms. The number of anilines is 2. The summed E-state index contributed by atoms with van der Waals surface area (Å²) in [6.45, 7) is 1.83. The molecule has 0 heterocycles. The van der Waals surface area contributed by atoms with Crippen LogP contribution in [0.2, 0.25) is 0 Å². The summed E-state index contributed by atoms with van der Waals surface area (Å²) in [5.41, 5.74) is 1.75. The van der Waals surface area contributed by atoms with Gasteiger partial charge in [-0.05, 0) is 67.6 Å². The highest BCUT2D eigenvalue weighted by Crippen LogP contribution is 2.31. The molecule has 3 aromatic rings. The van der Waals surface area contributed by atoms with Crippen molar-refractivity contribution in [1.29, 1.82) is 0 Å². The number of thioether (sulfide) groups is 1. The Balaban J connectivity index is 1.58. The Kier molecular flexibility index (Phi) is 8.21. The molecule has 7 nitrogen and oxygen atoms in total. The minimum absolute atomic E-state index is 0.163. The van der Waals surface area contributed by atoms with Crippen molar-refractivity contribution < 1.29 is 23.8 Å². The average Bonchev–Trinajstić information content (AvgIpc) is 2.85. The number of methoxy groups -OCH3 is 3. The quantitative estimate of drug-likeness (QED) is 0.428. The van der Waals surface area contributed by atoms with Crippen LogP contribution >= 0.6 is 11.8 Å². The summed E-state index contributed by atoms with van der Waals surface area (Å²) >= 11 is 1.41. The third kappa shape index (κ3) is 6.43. The molecule has 2 amide bonds. The molecule has 0 aliphatic heterocycles. The fourth-order valence-corrected chi connectivity index (χ4v) is 3.83. The van der Waals surface area contributed by atoms with Gasteiger partial charge in [0.2, 0.25) is 5.91 Å². The molecule has 3 rings (SSSR count). The van der Waals surface area contributed by atoms with E-state index in [0.717, 1.165) is 4.90 Å². The van der Waals surface area contributed by atoms with Crippen LogP contribution in [0.3, 0.4) is 0 Å². The Bertz CT molecular complexity index is 1100. The van der Waals surface area contributed by atoms with Gasteiger partial charge >= 0.3 is 0 Å². The van der Waals surface area contributed by atoms with E-state index in [1.807, 2.05) is 19.1 Å². The lowest BCUT2D eigenvalue weighted by Gasteiger charge is -2.15. The van der Waals surface area contributed by atoms with Crippen molar-refractivity contribution in [2.45, 2.75) is 17.1 Å². The Hall–Kier alpha value is -3.65. The van der Waals surface area contributed by atoms with E-state index in [2.05, 4.69) is 10.6 Å². The minimum Gasteiger partial charge on any atom is -0.497 e. The van der Waals surface area contributed by atoms with Gasteiger partial charge < -0.3 is 24.8 Å². The lowest BCUT2D eigenvalue weighted by atomic mass is 10.2. The summed E-state index contributed by atoms with van der Waals surface area (Å²) in [5, 5.41) is 5.39. The van der Waals surface area contributed by atoms with E-state index in [0.29, 0.717) is 34.2 Å². The Labute approximate surface area is 197 Å². The second-order valence-corrected chi connectivity index (χ2v) is 8.44. The summed E-state index contributed by atoms with van der Waals surface area (Å²) in [7, 11) is 4.69. The van der Waals surface area contributed by atoms with Gasteiger partial charge in [-0.25, -0.2) is 0 Å². The molecule has 3 aromatic carbocycles. The molecular formula is C25H26N2O5S. The van der Waals surface area contributed by atoms with E-state index in [9.17, 15) is 9.59 Å². The van der Waals surface area contributed by atoms with Crippen LogP contribution in [-0.2, 0) is 4.79 Å². The smallest absolute Gasteiger partial charge is 0.255 e. The van der Waals surface area contributed by atoms with Crippen molar-refractivity contribution in [3.05, 3.63) is 72.3 Å². The van der Waals surface area contributed by atoms with Gasteiger partial charge in [0.25, 0.3) is 5.91 Å². The van der Waals surface area contributed by atoms with E-state index in [1.165, 1.54) is 11.8 Å². The topological polar surface area (TPSA) is 85.9 Å². The number of nitrogens with one attached hydrogen (secondary N) is 2. The zero-order chi connectivity index (χ0) is 23.8. The van der Waals surface area contributed by atoms with Crippen molar-refractivity contribution in [2.75, 3.05) is 32.0 Å². The number of hydrogen-bond donors (Lipinski definition) is 2. The largest absolute Gasteiger partial charge is 0.497 e. The molecule has 0 aromatic heterocycles. The number of ether oxygens (including phenoxy) is 3. The molecule has 0 saturated heterocycles. The number of hydrogen-bond acceptors (Lipinski definition) is 6. The first-order valence-corrected chi connectivity index (χ1v) is 11.1. The summed E-state index contributed by atoms with van der Waals surface area (Å²) in [6.07, 6.45) is 0. The van der Waals surface area contributed by atoms with Gasteiger partial charge in [-0.2, -0.15) is 0 Å². The number of carbonyl (C=O) groups excluding carboxylic acids is 2. The van der Waals surface area contributed by atoms with Crippen LogP contribution < -0.4 is 24.8 Å². The van der Waals surface area contributed by atoms with E-state index in [-0.39, 0.29) is 17.1 Å². The van der Waals surface area contributed by atoms with Crippen LogP contribution in [0.25, 0.3) is 0 Å². The fraction of sp³-hybridized carbons (Fsp3) is 0.200. The highest BCUT2D eigenvalue weighted by Gasteiger charge is 2.17. The Morgan fingerprint density at radius 1 is 0.788 bits per heavy atom. The van der Waals surface area contributed by atoms with E-state index in [4.69, 9.17) is 14.2 Å². The number of benzene rings is 3. The molecular weight excluding hydrogens is 440 g/mol. The second kappa shape index (κ2) is 11.3. The highest BCUT2D eigenvalue weighted by atomic mass is 32.2. The van der Waals surface area contributed by atoms with Crippen molar-refractivity contribution >= 4 is 35.0 Å². The monoisotopic (exact) mass is 466 g/mol. The van der Waals surface area contributed by atoms with Crippen LogP contribution in [0.1, 0.15) is 17.3 Å². The van der Waals surface area contributed by atoms with E-state index < -0.39 is 0 Å². The van der Waals surface area contributed by atoms with Crippen molar-refractivity contribution in [1.82, 2.24) is 0 Å². The third-order valence-electron chi connectivity index (χ3n) is 4.81. The lowest BCUT2D eigenvalue weighted by molar-refractivity contribution is -0.115. The van der Waals surface area contributed by atoms with Crippen LogP contribution in [0.4, 0.5) is 11.4 Å². The number of amides is 2. The standard InChI is InChI=1S/C25H26N2O5S/c1-16(24(28)27-22-15-20(31-3)11-14-23(22)32-4)33-21-12-7-18(8-13-21)26-25(29)17-5-9-19(30-2)10-6-17/h5-16H,1-4H3,(H,26,29)(H,27,28). The van der Waals surface area contributed by atoms with Gasteiger partial charge in [-0.3, -0.25) is 9.59 Å². The van der Waals surface area contributed by atoms with Crippen LogP contribution in [-0.4, -0.2) is 38.4 Å². The van der Waals surface area contributed by atoms with E-state index in [1.54, 1.807) is 75.9 Å². The second-order valence-electron chi connectivity index (χ2n) is 7.02. The number of rotatable bonds is 9. The molecule has 0 aliphatic carbocycles. The van der Waals surface area contributed by atoms with Crippen molar-refractivity contribution in [2.24, 2.45) is 0 Å². The van der Waals surface area contributed by atoms with E-state index >= 15 is 0 Å². The molecule has 8 heteroatoms. The summed E-state index contributed by atoms with van der Waals surface area (Å²) in [6, 6.07) is 19.4. The number of carbonyl (C=O) groups is 2. The van der Waals surface area contributed by atoms with Gasteiger partial charge in [0.05, 0.1) is 32.3 Å². The summed E-state index contributed by atoms with van der Waals surface area (Å²) < 4.78 is 15.6. The van der Waals surface area contributed by atoms with Crippen LogP contribution in [0.15, 0.2) is 71.6 Å². The first kappa shape index (κ1) is 24.0. The maximum Gasteiger partial charge on any atom is 0.255 e. The molecule has 1 unspecified atom stereocenters. The van der Waals surface area contributed by atoms with Gasteiger partial charge in [-0.15, -0.1) is 11.8 Å². The Morgan fingerprint density at radius 2 is 1.42 bits per heavy atom. The minimum atomic E-state index is -0.361. The van der Waals surface area contributed by atoms with Gasteiger partial charge in [0, 0.05) is 22.2 Å². The zero-order valence-electron chi connectivity index (χ0n) is 18.9. The molecule has 0 aliphatic rings. The van der Waals surface area contributed by atoms with Gasteiger partial charge in [0.1, 0.15) is 17.2 Å². The molecule has 0 radical (unpaired) electrons. The SMILES string of the molecule is COc1ccc(C(=O)Nc2ccc(SC(C)C(=O)Nc3cc(OC)ccc3OC)cc2)cc1. The molecule has 33 heavy (non-hydrogen) atoms. The lowest BCUT2D eigenvalue weighted by Crippen LogP contribution is -2.22. The molecule has 0 saturated carbocycles. The maximum atomic E-state index is 12.7. The van der Waals surface area contributed by atoms with Crippen molar-refractivity contribution in [3.8, 4) is 17.2 Å². The fourth-order valence-electron chi connectivity index (χ4n) is 2.97. The first-order chi connectivity index (χ1) is 15.9. The molecule has 172 valence electrons. The van der Waals surface area contributed by atoms with Gasteiger partial charge in [0.15, 0.2) is 0 Å². The summed E-state index contributed by atoms with van der Waals surface area (Å²) in [5.74, 6) is 1.49. The zero-order valence-corrected chi connectivity index (χ0v) is 19.7. The van der Waals surface area contributed by atoms with Crippen LogP contribution in [0.5, 0.6) is 17.2 Å². The average molecular weight is 467 g/mol. The van der Waals surface area contributed by atoms with Crippen molar-refractivity contribution in [3.63, 3.8) is 0 Å². The van der Waals surface area contributed by atoms with Gasteiger partial charge in [-0.1, -0.05) is 0 Å². The normalized spacial score (nSPS) is 11.3. The molecule has 0 spiro atoms. The maximum absolute atomic E-state index is 12.7. The predicted molar refractivity (Wildman–Crippen MR) is 131 cm³/mol. The first-order valence-electron chi connectivity index (χ1n) is 10.2. The summed E-state index contributed by atoms with van der Waals surface area (Å²) in [4.78, 5) is 26.0.